The number of amides is 1. The minimum atomic E-state index is -0.330. The van der Waals surface area contributed by atoms with E-state index in [4.69, 9.17) is 20.7 Å². The Morgan fingerprint density at radius 3 is 2.56 bits per heavy atom. The fraction of sp³-hybridized carbons (Fsp3) is 0.303. The van der Waals surface area contributed by atoms with Gasteiger partial charge in [-0.25, -0.2) is 0 Å². The minimum absolute atomic E-state index is 0.162. The van der Waals surface area contributed by atoms with E-state index in [0.29, 0.717) is 13.0 Å². The van der Waals surface area contributed by atoms with Crippen molar-refractivity contribution in [3.05, 3.63) is 113 Å². The summed E-state index contributed by atoms with van der Waals surface area (Å²) in [7, 11) is 1.68. The number of aromatic nitrogens is 4. The van der Waals surface area contributed by atoms with Crippen LogP contribution in [-0.2, 0) is 30.6 Å². The van der Waals surface area contributed by atoms with Gasteiger partial charge in [0.1, 0.15) is 11.6 Å². The van der Waals surface area contributed by atoms with Crippen LogP contribution in [0.5, 0.6) is 5.75 Å². The lowest BCUT2D eigenvalue weighted by Crippen LogP contribution is -2.43. The summed E-state index contributed by atoms with van der Waals surface area (Å²) in [6, 6.07) is 26.4. The van der Waals surface area contributed by atoms with Gasteiger partial charge in [0.15, 0.2) is 5.82 Å². The molecule has 0 bridgehead atoms. The average Bonchev–Trinajstić information content (AvgIpc) is 3.75. The summed E-state index contributed by atoms with van der Waals surface area (Å²) in [5.41, 5.74) is 10.6. The zero-order chi connectivity index (χ0) is 28.2. The lowest BCUT2D eigenvalue weighted by Gasteiger charge is -2.31. The maximum atomic E-state index is 12.6. The van der Waals surface area contributed by atoms with Crippen LogP contribution < -0.4 is 10.5 Å². The highest BCUT2D eigenvalue weighted by Gasteiger charge is 2.38. The molecule has 0 aliphatic carbocycles. The number of aromatic amines is 1. The second-order valence-corrected chi connectivity index (χ2v) is 10.8. The quantitative estimate of drug-likeness (QED) is 0.246. The highest BCUT2D eigenvalue weighted by Crippen LogP contribution is 2.34. The van der Waals surface area contributed by atoms with Gasteiger partial charge in [0.25, 0.3) is 0 Å². The number of nitrogens with one attached hydrogen (secondary N) is 1. The van der Waals surface area contributed by atoms with Gasteiger partial charge in [-0.2, -0.15) is 0 Å². The first-order valence-corrected chi connectivity index (χ1v) is 14.3. The Morgan fingerprint density at radius 2 is 1.78 bits per heavy atom. The molecule has 8 heteroatoms. The SMILES string of the molecule is COc1ccc(Cn2c(CCc3ccccc3)nnc2[C@@H](Cc2c[nH]c3ccccc23)N2CCC[C@@H]2C(N)=O)cc1. The molecule has 1 amide bonds. The van der Waals surface area contributed by atoms with Crippen molar-refractivity contribution < 1.29 is 9.53 Å². The van der Waals surface area contributed by atoms with Gasteiger partial charge in [0, 0.05) is 23.5 Å². The molecule has 2 atom stereocenters. The molecule has 3 heterocycles. The van der Waals surface area contributed by atoms with Crippen LogP contribution >= 0.6 is 0 Å². The largest absolute Gasteiger partial charge is 0.497 e. The van der Waals surface area contributed by atoms with Crippen molar-refractivity contribution in [2.75, 3.05) is 13.7 Å². The van der Waals surface area contributed by atoms with Crippen molar-refractivity contribution in [2.45, 2.75) is 50.7 Å². The number of rotatable bonds is 11. The summed E-state index contributed by atoms with van der Waals surface area (Å²) in [5.74, 6) is 2.33. The predicted octanol–water partition coefficient (Wildman–Crippen LogP) is 4.84. The Balaban J connectivity index is 1.41. The number of carbonyl (C=O) groups excluding carboxylic acids is 1. The molecular weight excluding hydrogens is 512 g/mol. The fourth-order valence-electron chi connectivity index (χ4n) is 6.10. The van der Waals surface area contributed by atoms with Crippen LogP contribution in [0.1, 0.15) is 47.2 Å². The summed E-state index contributed by atoms with van der Waals surface area (Å²) in [6.07, 6.45) is 6.06. The summed E-state index contributed by atoms with van der Waals surface area (Å²) in [6.45, 7) is 1.41. The van der Waals surface area contributed by atoms with Gasteiger partial charge in [0.2, 0.25) is 5.91 Å². The van der Waals surface area contributed by atoms with E-state index < -0.39 is 0 Å². The van der Waals surface area contributed by atoms with Gasteiger partial charge in [-0.1, -0.05) is 60.7 Å². The molecule has 1 aliphatic heterocycles. The van der Waals surface area contributed by atoms with Crippen molar-refractivity contribution in [3.8, 4) is 5.75 Å². The van der Waals surface area contributed by atoms with E-state index in [1.165, 1.54) is 16.5 Å². The Kier molecular flexibility index (Phi) is 7.82. The summed E-state index contributed by atoms with van der Waals surface area (Å²) >= 11 is 0. The second kappa shape index (κ2) is 12.0. The molecule has 1 fully saturated rings. The van der Waals surface area contributed by atoms with Crippen LogP contribution in [0.2, 0.25) is 0 Å². The zero-order valence-corrected chi connectivity index (χ0v) is 23.4. The zero-order valence-electron chi connectivity index (χ0n) is 23.4. The van der Waals surface area contributed by atoms with Gasteiger partial charge in [0.05, 0.1) is 25.7 Å². The molecule has 0 saturated carbocycles. The normalized spacial score (nSPS) is 16.3. The minimum Gasteiger partial charge on any atom is -0.497 e. The molecule has 0 spiro atoms. The third kappa shape index (κ3) is 5.74. The molecule has 210 valence electrons. The Labute approximate surface area is 240 Å². The van der Waals surface area contributed by atoms with Gasteiger partial charge in [-0.15, -0.1) is 10.2 Å². The van der Waals surface area contributed by atoms with Crippen LogP contribution in [-0.4, -0.2) is 50.3 Å². The molecule has 8 nitrogen and oxygen atoms in total. The van der Waals surface area contributed by atoms with Crippen LogP contribution in [0.25, 0.3) is 10.9 Å². The van der Waals surface area contributed by atoms with E-state index in [2.05, 4.69) is 75.2 Å². The molecule has 5 aromatic rings. The third-order valence-electron chi connectivity index (χ3n) is 8.25. The Hall–Kier alpha value is -4.43. The fourth-order valence-corrected chi connectivity index (χ4v) is 6.10. The number of nitrogens with zero attached hydrogens (tertiary/aromatic N) is 4. The summed E-state index contributed by atoms with van der Waals surface area (Å²) in [5, 5.41) is 10.8. The number of ether oxygens (including phenoxy) is 1. The molecule has 1 aliphatic rings. The number of nitrogens with two attached hydrogens (primary N) is 1. The number of likely N-dealkylation sites (tertiary alicyclic amines) is 1. The number of methoxy groups -OCH3 is 1. The number of aryl methyl sites for hydroxylation is 2. The lowest BCUT2D eigenvalue weighted by atomic mass is 10.0. The Morgan fingerprint density at radius 1 is 1.00 bits per heavy atom. The van der Waals surface area contributed by atoms with Crippen molar-refractivity contribution in [1.29, 1.82) is 0 Å². The number of benzene rings is 3. The number of hydrogen-bond donors (Lipinski definition) is 2. The maximum Gasteiger partial charge on any atom is 0.234 e. The number of hydrogen-bond acceptors (Lipinski definition) is 5. The van der Waals surface area contributed by atoms with Crippen LogP contribution in [0.3, 0.4) is 0 Å². The highest BCUT2D eigenvalue weighted by atomic mass is 16.5. The lowest BCUT2D eigenvalue weighted by molar-refractivity contribution is -0.123. The molecule has 2 aromatic heterocycles. The van der Waals surface area contributed by atoms with Crippen LogP contribution in [0, 0.1) is 0 Å². The first kappa shape index (κ1) is 26.8. The van der Waals surface area contributed by atoms with Crippen molar-refractivity contribution in [2.24, 2.45) is 5.73 Å². The van der Waals surface area contributed by atoms with Gasteiger partial charge < -0.3 is 20.0 Å². The molecule has 0 unspecified atom stereocenters. The van der Waals surface area contributed by atoms with Gasteiger partial charge >= 0.3 is 0 Å². The predicted molar refractivity (Wildman–Crippen MR) is 160 cm³/mol. The van der Waals surface area contributed by atoms with E-state index in [1.807, 2.05) is 24.3 Å². The summed E-state index contributed by atoms with van der Waals surface area (Å²) < 4.78 is 7.64. The number of carbonyl (C=O) groups is 1. The van der Waals surface area contributed by atoms with E-state index in [1.54, 1.807) is 7.11 Å². The van der Waals surface area contributed by atoms with Crippen LogP contribution in [0.4, 0.5) is 0 Å². The van der Waals surface area contributed by atoms with E-state index in [0.717, 1.165) is 60.7 Å². The third-order valence-corrected chi connectivity index (χ3v) is 8.25. The maximum absolute atomic E-state index is 12.6. The highest BCUT2D eigenvalue weighted by molar-refractivity contribution is 5.83. The van der Waals surface area contributed by atoms with Crippen LogP contribution in [0.15, 0.2) is 85.1 Å². The average molecular weight is 549 g/mol. The monoisotopic (exact) mass is 548 g/mol. The molecular formula is C33H36N6O2. The van der Waals surface area contributed by atoms with Crippen molar-refractivity contribution in [3.63, 3.8) is 0 Å². The molecule has 41 heavy (non-hydrogen) atoms. The summed E-state index contributed by atoms with van der Waals surface area (Å²) in [4.78, 5) is 18.2. The first-order chi connectivity index (χ1) is 20.1. The van der Waals surface area contributed by atoms with Gasteiger partial charge in [-0.05, 0) is 67.1 Å². The number of primary amides is 1. The number of H-pyrrole nitrogens is 1. The smallest absolute Gasteiger partial charge is 0.234 e. The molecule has 0 radical (unpaired) electrons. The standard InChI is InChI=1S/C33H36N6O2/c1-41-26-16-13-24(14-17-26)22-39-31(18-15-23-8-3-2-4-9-23)36-37-33(39)30(38-19-7-12-29(38)32(34)40)20-25-21-35-28-11-6-5-10-27(25)28/h2-6,8-11,13-14,16-17,21,29-30,35H,7,12,15,18-20,22H2,1H3,(H2,34,40)/t29-,30-/m1/s1. The first-order valence-electron chi connectivity index (χ1n) is 14.3. The number of para-hydroxylation sites is 1. The molecule has 6 rings (SSSR count). The van der Waals surface area contributed by atoms with Crippen molar-refractivity contribution in [1.82, 2.24) is 24.6 Å². The topological polar surface area (TPSA) is 102 Å². The number of fused-ring (bicyclic) bond motifs is 1. The van der Waals surface area contributed by atoms with E-state index in [9.17, 15) is 4.79 Å². The second-order valence-electron chi connectivity index (χ2n) is 10.8. The van der Waals surface area contributed by atoms with Crippen molar-refractivity contribution >= 4 is 16.8 Å². The molecule has 3 aromatic carbocycles. The van der Waals surface area contributed by atoms with E-state index >= 15 is 0 Å². The van der Waals surface area contributed by atoms with E-state index in [-0.39, 0.29) is 18.0 Å². The molecule has 1 saturated heterocycles. The molecule has 3 N–H and O–H groups in total. The Bertz CT molecular complexity index is 1610. The van der Waals surface area contributed by atoms with Gasteiger partial charge in [-0.3, -0.25) is 9.69 Å².